The minimum absolute atomic E-state index is 0.362. The van der Waals surface area contributed by atoms with Crippen LogP contribution < -0.4 is 0 Å². The smallest absolute Gasteiger partial charge is 0.252 e. The summed E-state index contributed by atoms with van der Waals surface area (Å²) in [6, 6.07) is 11.4. The molecule has 0 fully saturated rings. The van der Waals surface area contributed by atoms with Crippen molar-refractivity contribution in [3.8, 4) is 0 Å². The van der Waals surface area contributed by atoms with Gasteiger partial charge in [0.15, 0.2) is 0 Å². The maximum atomic E-state index is 12.5. The standard InChI is InChI=1S/C15H15BrN2O2S2/c1-18(22(19,20)15-7-6-14(16)21-15)9-8-11-10-17-13-5-3-2-4-12(11)13/h2-7,10,17H,8-9H2,1H3. The van der Waals surface area contributed by atoms with E-state index in [1.165, 1.54) is 15.6 Å². The van der Waals surface area contributed by atoms with Crippen LogP contribution in [0.3, 0.4) is 0 Å². The van der Waals surface area contributed by atoms with Gasteiger partial charge in [-0.3, -0.25) is 0 Å². The molecule has 7 heteroatoms. The van der Waals surface area contributed by atoms with Gasteiger partial charge in [-0.05, 0) is 46.1 Å². The zero-order valence-corrected chi connectivity index (χ0v) is 15.1. The van der Waals surface area contributed by atoms with Crippen molar-refractivity contribution in [1.29, 1.82) is 0 Å². The first-order chi connectivity index (χ1) is 10.5. The van der Waals surface area contributed by atoms with E-state index >= 15 is 0 Å². The van der Waals surface area contributed by atoms with Crippen molar-refractivity contribution in [3.63, 3.8) is 0 Å². The van der Waals surface area contributed by atoms with E-state index in [1.54, 1.807) is 19.2 Å². The van der Waals surface area contributed by atoms with Crippen LogP contribution in [-0.4, -0.2) is 31.3 Å². The Hall–Kier alpha value is -1.15. The van der Waals surface area contributed by atoms with E-state index in [2.05, 4.69) is 20.9 Å². The van der Waals surface area contributed by atoms with Crippen LogP contribution in [0.2, 0.25) is 0 Å². The summed E-state index contributed by atoms with van der Waals surface area (Å²) >= 11 is 4.53. The van der Waals surface area contributed by atoms with E-state index in [0.29, 0.717) is 17.2 Å². The molecule has 2 heterocycles. The minimum Gasteiger partial charge on any atom is -0.361 e. The molecule has 0 saturated heterocycles. The molecule has 22 heavy (non-hydrogen) atoms. The fourth-order valence-corrected chi connectivity index (χ4v) is 5.72. The summed E-state index contributed by atoms with van der Waals surface area (Å²) in [5, 5.41) is 1.15. The summed E-state index contributed by atoms with van der Waals surface area (Å²) in [5.41, 5.74) is 2.20. The molecule has 4 nitrogen and oxygen atoms in total. The number of para-hydroxylation sites is 1. The molecule has 0 radical (unpaired) electrons. The number of halogens is 1. The van der Waals surface area contributed by atoms with Gasteiger partial charge in [-0.1, -0.05) is 18.2 Å². The van der Waals surface area contributed by atoms with Crippen LogP contribution in [0.1, 0.15) is 5.56 Å². The van der Waals surface area contributed by atoms with Crippen molar-refractivity contribution in [2.75, 3.05) is 13.6 Å². The summed E-state index contributed by atoms with van der Waals surface area (Å²) in [6.45, 7) is 0.444. The highest BCUT2D eigenvalue weighted by molar-refractivity contribution is 9.11. The van der Waals surface area contributed by atoms with Crippen LogP contribution in [0.15, 0.2) is 50.6 Å². The Morgan fingerprint density at radius 1 is 1.23 bits per heavy atom. The number of H-pyrrole nitrogens is 1. The molecule has 0 saturated carbocycles. The molecule has 116 valence electrons. The molecule has 3 aromatic rings. The topological polar surface area (TPSA) is 53.2 Å². The number of hydrogen-bond donors (Lipinski definition) is 1. The van der Waals surface area contributed by atoms with Crippen molar-refractivity contribution < 1.29 is 8.42 Å². The van der Waals surface area contributed by atoms with E-state index in [4.69, 9.17) is 0 Å². The van der Waals surface area contributed by atoms with Gasteiger partial charge in [0.05, 0.1) is 3.79 Å². The first-order valence-corrected chi connectivity index (χ1v) is 9.80. The lowest BCUT2D eigenvalue weighted by Crippen LogP contribution is -2.28. The number of likely N-dealkylation sites (N-methyl/N-ethyl adjacent to an activating group) is 1. The minimum atomic E-state index is -3.41. The van der Waals surface area contributed by atoms with Gasteiger partial charge in [-0.15, -0.1) is 11.3 Å². The first-order valence-electron chi connectivity index (χ1n) is 6.75. The van der Waals surface area contributed by atoms with Crippen molar-refractivity contribution >= 4 is 48.2 Å². The molecule has 0 unspecified atom stereocenters. The van der Waals surface area contributed by atoms with Crippen molar-refractivity contribution in [1.82, 2.24) is 9.29 Å². The number of rotatable bonds is 5. The zero-order valence-electron chi connectivity index (χ0n) is 11.9. The molecule has 1 N–H and O–H groups in total. The zero-order chi connectivity index (χ0) is 15.7. The van der Waals surface area contributed by atoms with Gasteiger partial charge in [-0.2, -0.15) is 4.31 Å². The number of nitrogens with zero attached hydrogens (tertiary/aromatic N) is 1. The number of thiophene rings is 1. The molecule has 0 atom stereocenters. The Morgan fingerprint density at radius 3 is 2.73 bits per heavy atom. The molecule has 0 bridgehead atoms. The third kappa shape index (κ3) is 2.99. The van der Waals surface area contributed by atoms with Crippen LogP contribution >= 0.6 is 27.3 Å². The van der Waals surface area contributed by atoms with E-state index in [1.807, 2.05) is 30.5 Å². The number of hydrogen-bond acceptors (Lipinski definition) is 3. The van der Waals surface area contributed by atoms with Gasteiger partial charge in [0.2, 0.25) is 0 Å². The van der Waals surface area contributed by atoms with Crippen LogP contribution in [0.25, 0.3) is 10.9 Å². The third-order valence-corrected chi connectivity index (χ3v) is 7.53. The van der Waals surface area contributed by atoms with Crippen molar-refractivity contribution in [2.45, 2.75) is 10.6 Å². The highest BCUT2D eigenvalue weighted by Gasteiger charge is 2.22. The second kappa shape index (κ2) is 6.16. The molecule has 0 amide bonds. The normalized spacial score (nSPS) is 12.3. The predicted octanol–water partition coefficient (Wildman–Crippen LogP) is 3.86. The second-order valence-corrected chi connectivity index (χ2v) is 9.73. The molecule has 0 aliphatic carbocycles. The summed E-state index contributed by atoms with van der Waals surface area (Å²) < 4.78 is 27.5. The van der Waals surface area contributed by atoms with E-state index in [-0.39, 0.29) is 0 Å². The number of fused-ring (bicyclic) bond motifs is 1. The summed E-state index contributed by atoms with van der Waals surface area (Å²) in [4.78, 5) is 3.21. The largest absolute Gasteiger partial charge is 0.361 e. The van der Waals surface area contributed by atoms with Gasteiger partial charge in [-0.25, -0.2) is 8.42 Å². The maximum absolute atomic E-state index is 12.5. The quantitative estimate of drug-likeness (QED) is 0.709. The second-order valence-electron chi connectivity index (χ2n) is 4.99. The molecular formula is C15H15BrN2O2S2. The summed E-state index contributed by atoms with van der Waals surface area (Å²) in [6.07, 6.45) is 2.62. The lowest BCUT2D eigenvalue weighted by molar-refractivity contribution is 0.474. The molecule has 0 aliphatic rings. The van der Waals surface area contributed by atoms with Crippen molar-refractivity contribution in [2.24, 2.45) is 0 Å². The van der Waals surface area contributed by atoms with Crippen LogP contribution in [0, 0.1) is 0 Å². The Labute approximate surface area is 142 Å². The summed E-state index contributed by atoms with van der Waals surface area (Å²) in [7, 11) is -1.79. The Bertz CT molecular complexity index is 899. The van der Waals surface area contributed by atoms with Gasteiger partial charge >= 0.3 is 0 Å². The molecule has 0 aliphatic heterocycles. The van der Waals surface area contributed by atoms with Gasteiger partial charge in [0, 0.05) is 30.7 Å². The number of nitrogens with one attached hydrogen (secondary N) is 1. The van der Waals surface area contributed by atoms with Gasteiger partial charge < -0.3 is 4.98 Å². The highest BCUT2D eigenvalue weighted by Crippen LogP contribution is 2.28. The molecule has 3 rings (SSSR count). The molecular weight excluding hydrogens is 384 g/mol. The lowest BCUT2D eigenvalue weighted by atomic mass is 10.1. The summed E-state index contributed by atoms with van der Waals surface area (Å²) in [5.74, 6) is 0. The van der Waals surface area contributed by atoms with E-state index in [0.717, 1.165) is 20.3 Å². The fraction of sp³-hybridized carbons (Fsp3) is 0.200. The number of aromatic nitrogens is 1. The number of aromatic amines is 1. The first kappa shape index (κ1) is 15.7. The predicted molar refractivity (Wildman–Crippen MR) is 93.8 cm³/mol. The third-order valence-electron chi connectivity index (χ3n) is 3.58. The average molecular weight is 399 g/mol. The Kier molecular flexibility index (Phi) is 4.40. The Balaban J connectivity index is 1.76. The molecule has 1 aromatic carbocycles. The van der Waals surface area contributed by atoms with Crippen LogP contribution in [-0.2, 0) is 16.4 Å². The highest BCUT2D eigenvalue weighted by atomic mass is 79.9. The average Bonchev–Trinajstić information content (AvgIpc) is 3.11. The fourth-order valence-electron chi connectivity index (χ4n) is 2.33. The van der Waals surface area contributed by atoms with Gasteiger partial charge in [0.25, 0.3) is 10.0 Å². The maximum Gasteiger partial charge on any atom is 0.252 e. The van der Waals surface area contributed by atoms with Crippen LogP contribution in [0.4, 0.5) is 0 Å². The SMILES string of the molecule is CN(CCc1c[nH]c2ccccc12)S(=O)(=O)c1ccc(Br)s1. The van der Waals surface area contributed by atoms with E-state index < -0.39 is 10.0 Å². The lowest BCUT2D eigenvalue weighted by Gasteiger charge is -2.15. The molecule has 0 spiro atoms. The monoisotopic (exact) mass is 398 g/mol. The number of benzene rings is 1. The van der Waals surface area contributed by atoms with Crippen molar-refractivity contribution in [3.05, 3.63) is 51.9 Å². The van der Waals surface area contributed by atoms with E-state index in [9.17, 15) is 8.42 Å². The number of sulfonamides is 1. The Morgan fingerprint density at radius 2 is 2.00 bits per heavy atom. The molecule has 2 aromatic heterocycles. The van der Waals surface area contributed by atoms with Gasteiger partial charge in [0.1, 0.15) is 4.21 Å². The van der Waals surface area contributed by atoms with Crippen LogP contribution in [0.5, 0.6) is 0 Å².